The summed E-state index contributed by atoms with van der Waals surface area (Å²) in [6, 6.07) is 23.2. The van der Waals surface area contributed by atoms with Gasteiger partial charge in [0.05, 0.1) is 16.7 Å². The van der Waals surface area contributed by atoms with Gasteiger partial charge < -0.3 is 14.2 Å². The number of alkyl halides is 2. The van der Waals surface area contributed by atoms with Crippen molar-refractivity contribution in [3.63, 3.8) is 0 Å². The molecule has 4 rings (SSSR count). The molecule has 3 aromatic carbocycles. The Morgan fingerprint density at radius 3 is 1.76 bits per heavy atom. The molecule has 0 unspecified atom stereocenters. The lowest BCUT2D eigenvalue weighted by Gasteiger charge is -2.35. The SMILES string of the molecule is C[C@]1(OC(=O)c2ccccc2)NO[C@@](COC(=O)c2ccccc2)(C(F)F)[C@H]1OC(=O)c1ccccc1. The third-order valence-electron chi connectivity index (χ3n) is 5.74. The van der Waals surface area contributed by atoms with E-state index >= 15 is 0 Å². The summed E-state index contributed by atoms with van der Waals surface area (Å²) in [5.74, 6) is -2.75. The molecule has 0 bridgehead atoms. The van der Waals surface area contributed by atoms with Crippen LogP contribution in [0, 0.1) is 0 Å². The number of halogens is 2. The van der Waals surface area contributed by atoms with E-state index in [2.05, 4.69) is 5.48 Å². The Labute approximate surface area is 211 Å². The Kier molecular flexibility index (Phi) is 7.61. The van der Waals surface area contributed by atoms with Crippen LogP contribution in [-0.4, -0.2) is 48.4 Å². The zero-order valence-electron chi connectivity index (χ0n) is 19.6. The first-order chi connectivity index (χ1) is 17.7. The molecular weight excluding hydrogens is 488 g/mol. The summed E-state index contributed by atoms with van der Waals surface area (Å²) >= 11 is 0. The van der Waals surface area contributed by atoms with Gasteiger partial charge in [0.2, 0.25) is 11.3 Å². The van der Waals surface area contributed by atoms with E-state index in [9.17, 15) is 23.2 Å². The third kappa shape index (κ3) is 5.50. The smallest absolute Gasteiger partial charge is 0.340 e. The number of nitrogens with one attached hydrogen (secondary N) is 1. The van der Waals surface area contributed by atoms with Crippen molar-refractivity contribution >= 4 is 17.9 Å². The van der Waals surface area contributed by atoms with Gasteiger partial charge in [0.1, 0.15) is 6.61 Å². The maximum atomic E-state index is 14.7. The molecule has 1 aliphatic rings. The summed E-state index contributed by atoms with van der Waals surface area (Å²) in [6.07, 6.45) is -5.27. The van der Waals surface area contributed by atoms with E-state index in [1.807, 2.05) is 0 Å². The van der Waals surface area contributed by atoms with Gasteiger partial charge in [-0.2, -0.15) is 5.48 Å². The molecule has 1 aliphatic heterocycles. The first-order valence-corrected chi connectivity index (χ1v) is 11.2. The predicted octanol–water partition coefficient (Wildman–Crippen LogP) is 4.18. The highest BCUT2D eigenvalue weighted by atomic mass is 19.3. The van der Waals surface area contributed by atoms with E-state index in [0.717, 1.165) is 0 Å². The zero-order chi connectivity index (χ0) is 26.5. The van der Waals surface area contributed by atoms with Crippen LogP contribution in [0.1, 0.15) is 38.0 Å². The maximum absolute atomic E-state index is 14.7. The van der Waals surface area contributed by atoms with Gasteiger partial charge >= 0.3 is 17.9 Å². The highest BCUT2D eigenvalue weighted by molar-refractivity contribution is 5.91. The topological polar surface area (TPSA) is 100 Å². The Morgan fingerprint density at radius 1 is 0.811 bits per heavy atom. The van der Waals surface area contributed by atoms with Crippen LogP contribution in [0.3, 0.4) is 0 Å². The van der Waals surface area contributed by atoms with Crippen molar-refractivity contribution in [3.8, 4) is 0 Å². The maximum Gasteiger partial charge on any atom is 0.340 e. The van der Waals surface area contributed by atoms with Crippen LogP contribution in [0.5, 0.6) is 0 Å². The lowest BCUT2D eigenvalue weighted by atomic mass is 9.91. The second kappa shape index (κ2) is 10.9. The van der Waals surface area contributed by atoms with E-state index in [1.165, 1.54) is 43.3 Å². The normalized spacial score (nSPS) is 22.9. The third-order valence-corrected chi connectivity index (χ3v) is 5.74. The van der Waals surface area contributed by atoms with Crippen LogP contribution in [0.25, 0.3) is 0 Å². The minimum absolute atomic E-state index is 0.0654. The molecule has 3 atom stereocenters. The molecule has 192 valence electrons. The number of hydrogen-bond acceptors (Lipinski definition) is 8. The van der Waals surface area contributed by atoms with Gasteiger partial charge in [0.25, 0.3) is 6.43 Å². The number of rotatable bonds is 8. The number of ether oxygens (including phenoxy) is 3. The average molecular weight is 511 g/mol. The fourth-order valence-corrected chi connectivity index (χ4v) is 3.79. The summed E-state index contributed by atoms with van der Waals surface area (Å²) in [4.78, 5) is 43.5. The summed E-state index contributed by atoms with van der Waals surface area (Å²) < 4.78 is 45.5. The lowest BCUT2D eigenvalue weighted by molar-refractivity contribution is -0.191. The van der Waals surface area contributed by atoms with Crippen LogP contribution >= 0.6 is 0 Å². The molecule has 3 aromatic rings. The minimum atomic E-state index is -3.34. The molecule has 37 heavy (non-hydrogen) atoms. The Morgan fingerprint density at radius 2 is 1.27 bits per heavy atom. The Bertz CT molecular complexity index is 1240. The number of carbonyl (C=O) groups excluding carboxylic acids is 3. The van der Waals surface area contributed by atoms with E-state index in [-0.39, 0.29) is 16.7 Å². The fourth-order valence-electron chi connectivity index (χ4n) is 3.79. The lowest BCUT2D eigenvalue weighted by Crippen LogP contribution is -2.59. The monoisotopic (exact) mass is 511 g/mol. The molecular formula is C27H23F2NO7. The summed E-state index contributed by atoms with van der Waals surface area (Å²) in [5.41, 5.74) is -2.19. The van der Waals surface area contributed by atoms with Crippen LogP contribution in [0.2, 0.25) is 0 Å². The zero-order valence-corrected chi connectivity index (χ0v) is 19.6. The molecule has 1 fully saturated rings. The highest BCUT2D eigenvalue weighted by Crippen LogP contribution is 2.40. The second-order valence-electron chi connectivity index (χ2n) is 8.42. The summed E-state index contributed by atoms with van der Waals surface area (Å²) in [6.45, 7) is 0.205. The molecule has 0 radical (unpaired) electrons. The standard InChI is InChI=1S/C27H23F2NO7/c1-26(36-23(33)20-15-9-4-10-16-20)24(35-22(32)19-13-7-3-8-14-19)27(25(28)29,37-30-26)17-34-21(31)18-11-5-2-6-12-18/h2-16,24-25,30H,17H2,1H3/t24-,26+,27+/m0/s1. The van der Waals surface area contributed by atoms with Gasteiger partial charge in [-0.25, -0.2) is 23.2 Å². The molecule has 8 nitrogen and oxygen atoms in total. The number of carbonyl (C=O) groups is 3. The van der Waals surface area contributed by atoms with Gasteiger partial charge in [-0.1, -0.05) is 54.6 Å². The largest absolute Gasteiger partial charge is 0.459 e. The number of hydroxylamine groups is 1. The molecule has 0 aromatic heterocycles. The first kappa shape index (κ1) is 25.9. The van der Waals surface area contributed by atoms with Crippen LogP contribution < -0.4 is 5.48 Å². The van der Waals surface area contributed by atoms with Crippen LogP contribution in [-0.2, 0) is 19.0 Å². The van der Waals surface area contributed by atoms with Crippen molar-refractivity contribution < 1.29 is 42.2 Å². The van der Waals surface area contributed by atoms with Crippen molar-refractivity contribution in [2.75, 3.05) is 6.61 Å². The second-order valence-corrected chi connectivity index (χ2v) is 8.42. The Balaban J connectivity index is 1.65. The molecule has 10 heteroatoms. The molecule has 1 N–H and O–H groups in total. The quantitative estimate of drug-likeness (QED) is 0.355. The summed E-state index contributed by atoms with van der Waals surface area (Å²) in [5, 5.41) is 0. The van der Waals surface area contributed by atoms with Crippen molar-refractivity contribution in [1.82, 2.24) is 5.48 Å². The highest BCUT2D eigenvalue weighted by Gasteiger charge is 2.67. The van der Waals surface area contributed by atoms with E-state index in [4.69, 9.17) is 19.0 Å². The van der Waals surface area contributed by atoms with E-state index < -0.39 is 48.4 Å². The molecule has 0 amide bonds. The van der Waals surface area contributed by atoms with E-state index in [1.54, 1.807) is 54.6 Å². The fraction of sp³-hybridized carbons (Fsp3) is 0.222. The molecule has 1 heterocycles. The number of esters is 3. The van der Waals surface area contributed by atoms with E-state index in [0.29, 0.717) is 0 Å². The Hall–Kier alpha value is -4.15. The molecule has 1 saturated heterocycles. The van der Waals surface area contributed by atoms with Gasteiger partial charge in [0, 0.05) is 0 Å². The van der Waals surface area contributed by atoms with Gasteiger partial charge in [0.15, 0.2) is 6.10 Å². The molecule has 0 aliphatic carbocycles. The summed E-state index contributed by atoms with van der Waals surface area (Å²) in [7, 11) is 0. The average Bonchev–Trinajstić information content (AvgIpc) is 3.20. The van der Waals surface area contributed by atoms with Gasteiger partial charge in [-0.3, -0.25) is 4.84 Å². The minimum Gasteiger partial charge on any atom is -0.459 e. The van der Waals surface area contributed by atoms with Gasteiger partial charge in [-0.05, 0) is 43.3 Å². The van der Waals surface area contributed by atoms with Crippen molar-refractivity contribution in [2.24, 2.45) is 0 Å². The van der Waals surface area contributed by atoms with Crippen LogP contribution in [0.4, 0.5) is 8.78 Å². The number of hydrogen-bond donors (Lipinski definition) is 1. The molecule has 0 spiro atoms. The van der Waals surface area contributed by atoms with Crippen molar-refractivity contribution in [1.29, 1.82) is 0 Å². The molecule has 0 saturated carbocycles. The van der Waals surface area contributed by atoms with Crippen LogP contribution in [0.15, 0.2) is 91.0 Å². The number of benzene rings is 3. The first-order valence-electron chi connectivity index (χ1n) is 11.2. The van der Waals surface area contributed by atoms with Crippen molar-refractivity contribution in [3.05, 3.63) is 108 Å². The predicted molar refractivity (Wildman–Crippen MR) is 126 cm³/mol. The van der Waals surface area contributed by atoms with Crippen molar-refractivity contribution in [2.45, 2.75) is 30.8 Å². The van der Waals surface area contributed by atoms with Gasteiger partial charge in [-0.15, -0.1) is 0 Å².